The predicted octanol–water partition coefficient (Wildman–Crippen LogP) is 0.932. The van der Waals surface area contributed by atoms with Crippen LogP contribution in [0.1, 0.15) is 25.5 Å². The lowest BCUT2D eigenvalue weighted by atomic mass is 10.2. The summed E-state index contributed by atoms with van der Waals surface area (Å²) in [6.07, 6.45) is 1.89. The summed E-state index contributed by atoms with van der Waals surface area (Å²) in [6.45, 7) is 5.59. The van der Waals surface area contributed by atoms with Crippen molar-refractivity contribution in [3.05, 3.63) is 11.8 Å². The third kappa shape index (κ3) is 2.94. The van der Waals surface area contributed by atoms with E-state index in [0.717, 1.165) is 37.4 Å². The second-order valence-corrected chi connectivity index (χ2v) is 4.69. The lowest BCUT2D eigenvalue weighted by molar-refractivity contribution is -0.121. The van der Waals surface area contributed by atoms with Crippen LogP contribution in [-0.4, -0.2) is 42.1 Å². The zero-order valence-corrected chi connectivity index (χ0v) is 11.7. The van der Waals surface area contributed by atoms with E-state index >= 15 is 0 Å². The summed E-state index contributed by atoms with van der Waals surface area (Å²) >= 11 is 0. The third-order valence-electron chi connectivity index (χ3n) is 3.27. The van der Waals surface area contributed by atoms with E-state index in [1.807, 2.05) is 19.9 Å². The van der Waals surface area contributed by atoms with Crippen LogP contribution in [0.2, 0.25) is 0 Å². The van der Waals surface area contributed by atoms with Crippen LogP contribution in [0.4, 0.5) is 11.8 Å². The number of carbonyl (C=O) groups excluding carboxylic acids is 1. The predicted molar refractivity (Wildman–Crippen MR) is 75.4 cm³/mol. The van der Waals surface area contributed by atoms with Gasteiger partial charge in [0, 0.05) is 31.9 Å². The van der Waals surface area contributed by atoms with Gasteiger partial charge in [0.2, 0.25) is 11.9 Å². The molecule has 1 unspecified atom stereocenters. The first-order chi connectivity index (χ1) is 9.15. The summed E-state index contributed by atoms with van der Waals surface area (Å²) in [6, 6.07) is 1.82. The highest BCUT2D eigenvalue weighted by Crippen LogP contribution is 2.25. The van der Waals surface area contributed by atoms with Crippen LogP contribution >= 0.6 is 0 Å². The van der Waals surface area contributed by atoms with Gasteiger partial charge in [0.05, 0.1) is 0 Å². The molecule has 1 saturated heterocycles. The van der Waals surface area contributed by atoms with E-state index in [1.54, 1.807) is 7.05 Å². The Hall–Kier alpha value is -1.85. The molecule has 1 amide bonds. The Morgan fingerprint density at radius 3 is 3.00 bits per heavy atom. The first kappa shape index (κ1) is 13.6. The molecule has 2 N–H and O–H groups in total. The number of aryl methyl sites for hydroxylation is 1. The zero-order valence-electron chi connectivity index (χ0n) is 11.7. The maximum absolute atomic E-state index is 11.9. The van der Waals surface area contributed by atoms with Crippen molar-refractivity contribution in [1.82, 2.24) is 15.3 Å². The summed E-state index contributed by atoms with van der Waals surface area (Å²) < 4.78 is 0. The van der Waals surface area contributed by atoms with Crippen molar-refractivity contribution in [3.8, 4) is 0 Å². The molecule has 0 aromatic carbocycles. The van der Waals surface area contributed by atoms with Gasteiger partial charge in [-0.15, -0.1) is 0 Å². The van der Waals surface area contributed by atoms with Crippen LogP contribution in [0.15, 0.2) is 6.07 Å². The fourth-order valence-corrected chi connectivity index (χ4v) is 2.42. The van der Waals surface area contributed by atoms with E-state index in [9.17, 15) is 4.79 Å². The summed E-state index contributed by atoms with van der Waals surface area (Å²) in [5, 5.41) is 5.84. The lowest BCUT2D eigenvalue weighted by Crippen LogP contribution is -2.42. The van der Waals surface area contributed by atoms with E-state index in [2.05, 4.69) is 25.5 Å². The topological polar surface area (TPSA) is 70.2 Å². The number of amides is 1. The molecule has 6 nitrogen and oxygen atoms in total. The summed E-state index contributed by atoms with van der Waals surface area (Å²) in [7, 11) is 1.67. The second-order valence-electron chi connectivity index (χ2n) is 4.69. The smallest absolute Gasteiger partial charge is 0.242 e. The van der Waals surface area contributed by atoms with Gasteiger partial charge in [-0.2, -0.15) is 4.98 Å². The van der Waals surface area contributed by atoms with Crippen LogP contribution < -0.4 is 15.5 Å². The standard InChI is InChI=1S/C13H21N5O/c1-4-15-13-16-9(2)8-11(17-13)18-7-5-6-10(18)12(19)14-3/h8,10H,4-7H2,1-3H3,(H,14,19)(H,15,16,17). The van der Waals surface area contributed by atoms with Crippen molar-refractivity contribution in [2.24, 2.45) is 0 Å². The third-order valence-corrected chi connectivity index (χ3v) is 3.27. The fraction of sp³-hybridized carbons (Fsp3) is 0.615. The molecule has 0 bridgehead atoms. The average molecular weight is 263 g/mol. The molecule has 1 atom stereocenters. The Bertz CT molecular complexity index is 462. The molecule has 2 rings (SSSR count). The molecular formula is C13H21N5O. The largest absolute Gasteiger partial charge is 0.357 e. The van der Waals surface area contributed by atoms with Crippen molar-refractivity contribution >= 4 is 17.7 Å². The molecule has 104 valence electrons. The van der Waals surface area contributed by atoms with E-state index in [0.29, 0.717) is 5.95 Å². The van der Waals surface area contributed by atoms with Gasteiger partial charge in [0.25, 0.3) is 0 Å². The monoisotopic (exact) mass is 263 g/mol. The highest BCUT2D eigenvalue weighted by atomic mass is 16.2. The molecule has 1 aliphatic heterocycles. The van der Waals surface area contributed by atoms with E-state index in [-0.39, 0.29) is 11.9 Å². The van der Waals surface area contributed by atoms with Gasteiger partial charge in [0.15, 0.2) is 0 Å². The number of nitrogens with zero attached hydrogens (tertiary/aromatic N) is 3. The van der Waals surface area contributed by atoms with Crippen LogP contribution in [0.25, 0.3) is 0 Å². The number of aromatic nitrogens is 2. The minimum absolute atomic E-state index is 0.0544. The highest BCUT2D eigenvalue weighted by molar-refractivity contribution is 5.85. The van der Waals surface area contributed by atoms with Crippen LogP contribution in [0.5, 0.6) is 0 Å². The Kier molecular flexibility index (Phi) is 4.19. The minimum atomic E-state index is -0.117. The summed E-state index contributed by atoms with van der Waals surface area (Å²) in [5.41, 5.74) is 0.906. The maximum atomic E-state index is 11.9. The first-order valence-electron chi connectivity index (χ1n) is 6.73. The van der Waals surface area contributed by atoms with Crippen molar-refractivity contribution in [2.45, 2.75) is 32.7 Å². The van der Waals surface area contributed by atoms with Gasteiger partial charge in [-0.3, -0.25) is 4.79 Å². The molecule has 19 heavy (non-hydrogen) atoms. The Balaban J connectivity index is 2.27. The number of rotatable bonds is 4. The van der Waals surface area contributed by atoms with E-state index in [4.69, 9.17) is 0 Å². The van der Waals surface area contributed by atoms with Crippen LogP contribution in [0.3, 0.4) is 0 Å². The van der Waals surface area contributed by atoms with Crippen molar-refractivity contribution in [1.29, 1.82) is 0 Å². The number of likely N-dealkylation sites (N-methyl/N-ethyl adjacent to an activating group) is 1. The van der Waals surface area contributed by atoms with Gasteiger partial charge < -0.3 is 15.5 Å². The molecule has 0 radical (unpaired) electrons. The first-order valence-corrected chi connectivity index (χ1v) is 6.73. The van der Waals surface area contributed by atoms with Gasteiger partial charge in [-0.1, -0.05) is 0 Å². The zero-order chi connectivity index (χ0) is 13.8. The molecule has 6 heteroatoms. The molecule has 2 heterocycles. The van der Waals surface area contributed by atoms with Crippen LogP contribution in [0, 0.1) is 6.92 Å². The van der Waals surface area contributed by atoms with Gasteiger partial charge >= 0.3 is 0 Å². The molecule has 1 fully saturated rings. The number of carbonyl (C=O) groups is 1. The maximum Gasteiger partial charge on any atom is 0.242 e. The van der Waals surface area contributed by atoms with Gasteiger partial charge in [-0.25, -0.2) is 4.98 Å². The van der Waals surface area contributed by atoms with Gasteiger partial charge in [-0.05, 0) is 26.7 Å². The fourth-order valence-electron chi connectivity index (χ4n) is 2.42. The number of hydrogen-bond donors (Lipinski definition) is 2. The second kappa shape index (κ2) is 5.86. The Labute approximate surface area is 113 Å². The van der Waals surface area contributed by atoms with Crippen molar-refractivity contribution < 1.29 is 4.79 Å². The van der Waals surface area contributed by atoms with Crippen molar-refractivity contribution in [3.63, 3.8) is 0 Å². The van der Waals surface area contributed by atoms with E-state index < -0.39 is 0 Å². The summed E-state index contributed by atoms with van der Waals surface area (Å²) in [4.78, 5) is 22.8. The minimum Gasteiger partial charge on any atom is -0.357 e. The average Bonchev–Trinajstić information content (AvgIpc) is 2.86. The highest BCUT2D eigenvalue weighted by Gasteiger charge is 2.31. The summed E-state index contributed by atoms with van der Waals surface area (Å²) in [5.74, 6) is 1.51. The Morgan fingerprint density at radius 2 is 2.32 bits per heavy atom. The molecule has 0 aliphatic carbocycles. The molecular weight excluding hydrogens is 242 g/mol. The van der Waals surface area contributed by atoms with Crippen LogP contribution in [-0.2, 0) is 4.79 Å². The van der Waals surface area contributed by atoms with Crippen molar-refractivity contribution in [2.75, 3.05) is 30.4 Å². The number of anilines is 2. The SMILES string of the molecule is CCNc1nc(C)cc(N2CCCC2C(=O)NC)n1. The normalized spacial score (nSPS) is 18.5. The van der Waals surface area contributed by atoms with Gasteiger partial charge in [0.1, 0.15) is 11.9 Å². The molecule has 0 saturated carbocycles. The molecule has 1 aromatic heterocycles. The van der Waals surface area contributed by atoms with E-state index in [1.165, 1.54) is 0 Å². The lowest BCUT2D eigenvalue weighted by Gasteiger charge is -2.24. The molecule has 1 aliphatic rings. The quantitative estimate of drug-likeness (QED) is 0.845. The Morgan fingerprint density at radius 1 is 1.53 bits per heavy atom. The molecule has 0 spiro atoms. The number of nitrogens with one attached hydrogen (secondary N) is 2. The number of hydrogen-bond acceptors (Lipinski definition) is 5. The molecule has 1 aromatic rings.